The van der Waals surface area contributed by atoms with Crippen molar-refractivity contribution in [2.45, 2.75) is 19.4 Å². The normalized spacial score (nSPS) is 17.4. The fraction of sp³-hybridized carbons (Fsp3) is 0.167. The number of carbonyl (C=O) groups is 3. The molecule has 1 saturated heterocycles. The van der Waals surface area contributed by atoms with E-state index in [2.05, 4.69) is 0 Å². The van der Waals surface area contributed by atoms with Gasteiger partial charge in [0.05, 0.1) is 12.1 Å². The average Bonchev–Trinajstić information content (AvgIpc) is 2.84. The van der Waals surface area contributed by atoms with Crippen LogP contribution in [-0.4, -0.2) is 23.8 Å². The van der Waals surface area contributed by atoms with Gasteiger partial charge in [0.25, 0.3) is 5.91 Å². The highest BCUT2D eigenvalue weighted by Gasteiger charge is 2.44. The number of hydrogen-bond acceptors (Lipinski definition) is 3. The molecular weight excluding hydrogens is 292 g/mol. The summed E-state index contributed by atoms with van der Waals surface area (Å²) in [6.45, 7) is 1.40. The summed E-state index contributed by atoms with van der Waals surface area (Å²) in [5.41, 5.74) is 1.14. The van der Waals surface area contributed by atoms with Crippen LogP contribution in [0.5, 0.6) is 0 Å². The molecule has 5 heteroatoms. The van der Waals surface area contributed by atoms with E-state index in [0.29, 0.717) is 11.4 Å². The third-order valence-corrected chi connectivity index (χ3v) is 3.82. The Morgan fingerprint density at radius 1 is 1.00 bits per heavy atom. The van der Waals surface area contributed by atoms with Gasteiger partial charge < -0.3 is 0 Å². The second-order valence-corrected chi connectivity index (χ2v) is 5.35. The van der Waals surface area contributed by atoms with Crippen molar-refractivity contribution >= 4 is 29.1 Å². The minimum Gasteiger partial charge on any atom is -0.300 e. The van der Waals surface area contributed by atoms with Crippen LogP contribution in [0, 0.1) is 0 Å². The average molecular weight is 308 g/mol. The lowest BCUT2D eigenvalue weighted by Gasteiger charge is -2.26. The molecule has 1 unspecified atom stereocenters. The molecule has 2 aromatic carbocycles. The van der Waals surface area contributed by atoms with Gasteiger partial charge in [-0.15, -0.1) is 0 Å². The van der Waals surface area contributed by atoms with Crippen LogP contribution in [0.15, 0.2) is 60.7 Å². The number of rotatable bonds is 3. The van der Waals surface area contributed by atoms with Crippen molar-refractivity contribution in [3.8, 4) is 0 Å². The quantitative estimate of drug-likeness (QED) is 0.818. The van der Waals surface area contributed by atoms with Gasteiger partial charge in [-0.3, -0.25) is 19.3 Å². The molecule has 0 aliphatic carbocycles. The summed E-state index contributed by atoms with van der Waals surface area (Å²) >= 11 is 0. The molecule has 23 heavy (non-hydrogen) atoms. The first-order chi connectivity index (χ1) is 11.1. The Morgan fingerprint density at radius 3 is 2.13 bits per heavy atom. The van der Waals surface area contributed by atoms with E-state index >= 15 is 0 Å². The van der Waals surface area contributed by atoms with Gasteiger partial charge in [0, 0.05) is 12.6 Å². The van der Waals surface area contributed by atoms with Crippen LogP contribution < -0.4 is 9.80 Å². The first kappa shape index (κ1) is 15.0. The number of imide groups is 1. The molecule has 1 heterocycles. The Kier molecular flexibility index (Phi) is 3.93. The van der Waals surface area contributed by atoms with Crippen LogP contribution in [0.3, 0.4) is 0 Å². The maximum absolute atomic E-state index is 12.7. The molecule has 1 aliphatic heterocycles. The fourth-order valence-corrected chi connectivity index (χ4v) is 2.84. The SMILES string of the molecule is CC(=O)N(c1ccccc1)C1CC(=O)N(c2ccccc2)C1=O. The lowest BCUT2D eigenvalue weighted by atomic mass is 10.1. The van der Waals surface area contributed by atoms with Crippen LogP contribution in [-0.2, 0) is 14.4 Å². The van der Waals surface area contributed by atoms with E-state index in [-0.39, 0.29) is 24.1 Å². The minimum absolute atomic E-state index is 0.0117. The number of benzene rings is 2. The van der Waals surface area contributed by atoms with Gasteiger partial charge in [0.2, 0.25) is 11.8 Å². The van der Waals surface area contributed by atoms with E-state index in [4.69, 9.17) is 0 Å². The summed E-state index contributed by atoms with van der Waals surface area (Å²) in [7, 11) is 0. The number of amides is 3. The van der Waals surface area contributed by atoms with E-state index in [0.717, 1.165) is 4.90 Å². The van der Waals surface area contributed by atoms with Gasteiger partial charge >= 0.3 is 0 Å². The third-order valence-electron chi connectivity index (χ3n) is 3.82. The number of para-hydroxylation sites is 2. The number of anilines is 2. The standard InChI is InChI=1S/C18H16N2O3/c1-13(21)19(14-8-4-2-5-9-14)16-12-17(22)20(18(16)23)15-10-6-3-7-11-15/h2-11,16H,12H2,1H3. The maximum Gasteiger partial charge on any atom is 0.257 e. The van der Waals surface area contributed by atoms with Gasteiger partial charge in [-0.1, -0.05) is 36.4 Å². The monoisotopic (exact) mass is 308 g/mol. The predicted octanol–water partition coefficient (Wildman–Crippen LogP) is 2.37. The number of hydrogen-bond donors (Lipinski definition) is 0. The zero-order chi connectivity index (χ0) is 16.4. The molecular formula is C18H16N2O3. The lowest BCUT2D eigenvalue weighted by molar-refractivity contribution is -0.123. The molecule has 0 aromatic heterocycles. The maximum atomic E-state index is 12.7. The summed E-state index contributed by atoms with van der Waals surface area (Å²) in [6, 6.07) is 16.9. The summed E-state index contributed by atoms with van der Waals surface area (Å²) < 4.78 is 0. The van der Waals surface area contributed by atoms with Gasteiger partial charge in [0.1, 0.15) is 6.04 Å². The highest BCUT2D eigenvalue weighted by molar-refractivity contribution is 6.24. The Balaban J connectivity index is 1.96. The van der Waals surface area contributed by atoms with Crippen molar-refractivity contribution in [2.75, 3.05) is 9.80 Å². The molecule has 3 amide bonds. The Bertz CT molecular complexity index is 743. The van der Waals surface area contributed by atoms with E-state index < -0.39 is 6.04 Å². The molecule has 0 spiro atoms. The van der Waals surface area contributed by atoms with E-state index in [9.17, 15) is 14.4 Å². The van der Waals surface area contributed by atoms with Crippen LogP contribution in [0.25, 0.3) is 0 Å². The largest absolute Gasteiger partial charge is 0.300 e. The first-order valence-corrected chi connectivity index (χ1v) is 7.36. The first-order valence-electron chi connectivity index (χ1n) is 7.36. The zero-order valence-electron chi connectivity index (χ0n) is 12.7. The molecule has 0 radical (unpaired) electrons. The zero-order valence-corrected chi connectivity index (χ0v) is 12.7. The van der Waals surface area contributed by atoms with Gasteiger partial charge in [-0.25, -0.2) is 4.90 Å². The topological polar surface area (TPSA) is 57.7 Å². The summed E-state index contributed by atoms with van der Waals surface area (Å²) in [5, 5.41) is 0. The van der Waals surface area contributed by atoms with Crippen molar-refractivity contribution in [3.63, 3.8) is 0 Å². The van der Waals surface area contributed by atoms with E-state index in [1.54, 1.807) is 48.5 Å². The van der Waals surface area contributed by atoms with Crippen molar-refractivity contribution < 1.29 is 14.4 Å². The minimum atomic E-state index is -0.803. The molecule has 1 fully saturated rings. The number of carbonyl (C=O) groups excluding carboxylic acids is 3. The van der Waals surface area contributed by atoms with Crippen molar-refractivity contribution in [2.24, 2.45) is 0 Å². The Morgan fingerprint density at radius 2 is 1.57 bits per heavy atom. The number of nitrogens with zero attached hydrogens (tertiary/aromatic N) is 2. The summed E-state index contributed by atoms with van der Waals surface area (Å²) in [6.07, 6.45) is -0.0117. The van der Waals surface area contributed by atoms with Crippen LogP contribution in [0.4, 0.5) is 11.4 Å². The third kappa shape index (κ3) is 2.73. The van der Waals surface area contributed by atoms with Crippen molar-refractivity contribution in [1.82, 2.24) is 0 Å². The molecule has 2 aromatic rings. The van der Waals surface area contributed by atoms with E-state index in [1.165, 1.54) is 11.8 Å². The van der Waals surface area contributed by atoms with Crippen LogP contribution in [0.2, 0.25) is 0 Å². The van der Waals surface area contributed by atoms with Gasteiger partial charge in [0.15, 0.2) is 0 Å². The molecule has 0 saturated carbocycles. The smallest absolute Gasteiger partial charge is 0.257 e. The molecule has 3 rings (SSSR count). The molecule has 0 bridgehead atoms. The molecule has 0 N–H and O–H groups in total. The second-order valence-electron chi connectivity index (χ2n) is 5.35. The van der Waals surface area contributed by atoms with Crippen LogP contribution >= 0.6 is 0 Å². The molecule has 116 valence electrons. The highest BCUT2D eigenvalue weighted by Crippen LogP contribution is 2.28. The lowest BCUT2D eigenvalue weighted by Crippen LogP contribution is -2.44. The van der Waals surface area contributed by atoms with Crippen molar-refractivity contribution in [3.05, 3.63) is 60.7 Å². The fourth-order valence-electron chi connectivity index (χ4n) is 2.84. The summed E-state index contributed by atoms with van der Waals surface area (Å²) in [4.78, 5) is 39.7. The molecule has 1 aliphatic rings. The molecule has 1 atom stereocenters. The second kappa shape index (κ2) is 6.04. The van der Waals surface area contributed by atoms with Gasteiger partial charge in [-0.2, -0.15) is 0 Å². The Labute approximate surface area is 134 Å². The van der Waals surface area contributed by atoms with E-state index in [1.807, 2.05) is 12.1 Å². The summed E-state index contributed by atoms with van der Waals surface area (Å²) in [5.74, 6) is -0.939. The van der Waals surface area contributed by atoms with Gasteiger partial charge in [-0.05, 0) is 24.3 Å². The highest BCUT2D eigenvalue weighted by atomic mass is 16.2. The van der Waals surface area contributed by atoms with Crippen LogP contribution in [0.1, 0.15) is 13.3 Å². The predicted molar refractivity (Wildman–Crippen MR) is 86.9 cm³/mol. The Hall–Kier alpha value is -2.95. The van der Waals surface area contributed by atoms with Crippen molar-refractivity contribution in [1.29, 1.82) is 0 Å². The molecule has 5 nitrogen and oxygen atoms in total.